The quantitative estimate of drug-likeness (QED) is 0.637. The summed E-state index contributed by atoms with van der Waals surface area (Å²) in [5.74, 6) is 0.380. The van der Waals surface area contributed by atoms with Gasteiger partial charge in [0.15, 0.2) is 15.5 Å². The molecule has 28 heavy (non-hydrogen) atoms. The highest BCUT2D eigenvalue weighted by molar-refractivity contribution is 7.91. The highest BCUT2D eigenvalue weighted by Gasteiger charge is 2.33. The van der Waals surface area contributed by atoms with Crippen LogP contribution >= 0.6 is 11.3 Å². The highest BCUT2D eigenvalue weighted by Crippen LogP contribution is 2.30. The van der Waals surface area contributed by atoms with E-state index in [4.69, 9.17) is 0 Å². The fourth-order valence-electron chi connectivity index (χ4n) is 2.32. The summed E-state index contributed by atoms with van der Waals surface area (Å²) < 4.78 is 62.0. The predicted molar refractivity (Wildman–Crippen MR) is 99.4 cm³/mol. The van der Waals surface area contributed by atoms with E-state index in [1.54, 1.807) is 25.1 Å². The summed E-state index contributed by atoms with van der Waals surface area (Å²) in [4.78, 5) is 11.9. The average molecular weight is 428 g/mol. The van der Waals surface area contributed by atoms with Gasteiger partial charge in [-0.05, 0) is 18.2 Å². The van der Waals surface area contributed by atoms with E-state index in [1.165, 1.54) is 18.5 Å². The number of nitrogens with one attached hydrogen (secondary N) is 1. The molecule has 0 amide bonds. The molecule has 0 bridgehead atoms. The van der Waals surface area contributed by atoms with Crippen LogP contribution in [0.2, 0.25) is 0 Å². The van der Waals surface area contributed by atoms with Gasteiger partial charge in [0.05, 0.1) is 21.3 Å². The number of sulfone groups is 1. The van der Waals surface area contributed by atoms with Gasteiger partial charge >= 0.3 is 6.18 Å². The molecule has 0 radical (unpaired) electrons. The molecular formula is C17H15F3N4O2S2. The van der Waals surface area contributed by atoms with Crippen molar-refractivity contribution < 1.29 is 21.6 Å². The molecule has 6 nitrogen and oxygen atoms in total. The maximum absolute atomic E-state index is 12.7. The fraction of sp³-hybridized carbons (Fsp3) is 0.235. The number of halogens is 3. The summed E-state index contributed by atoms with van der Waals surface area (Å²) in [6, 6.07) is 7.89. The minimum atomic E-state index is -4.48. The van der Waals surface area contributed by atoms with E-state index < -0.39 is 21.7 Å². The van der Waals surface area contributed by atoms with Crippen LogP contribution in [0.25, 0.3) is 0 Å². The van der Waals surface area contributed by atoms with E-state index in [1.807, 2.05) is 0 Å². The molecule has 0 unspecified atom stereocenters. The first-order valence-electron chi connectivity index (χ1n) is 8.10. The van der Waals surface area contributed by atoms with Crippen molar-refractivity contribution in [3.63, 3.8) is 0 Å². The molecule has 0 aliphatic heterocycles. The topological polar surface area (TPSA) is 84.8 Å². The first-order valence-corrected chi connectivity index (χ1v) is 10.6. The average Bonchev–Trinajstić information content (AvgIpc) is 3.11. The lowest BCUT2D eigenvalue weighted by Crippen LogP contribution is -2.06. The van der Waals surface area contributed by atoms with Crippen LogP contribution in [0.4, 0.5) is 24.7 Å². The van der Waals surface area contributed by atoms with Gasteiger partial charge in [-0.15, -0.1) is 11.3 Å². The second-order valence-electron chi connectivity index (χ2n) is 5.75. The predicted octanol–water partition coefficient (Wildman–Crippen LogP) is 4.08. The molecule has 1 N–H and O–H groups in total. The summed E-state index contributed by atoms with van der Waals surface area (Å²) in [6.07, 6.45) is -3.07. The second kappa shape index (κ2) is 7.84. The van der Waals surface area contributed by atoms with Crippen molar-refractivity contribution in [1.82, 2.24) is 15.0 Å². The van der Waals surface area contributed by atoms with Gasteiger partial charge in [0.2, 0.25) is 0 Å². The Labute approximate surface area is 163 Å². The van der Waals surface area contributed by atoms with Gasteiger partial charge in [0.1, 0.15) is 12.1 Å². The van der Waals surface area contributed by atoms with Crippen LogP contribution < -0.4 is 5.32 Å². The van der Waals surface area contributed by atoms with Crippen molar-refractivity contribution in [2.45, 2.75) is 24.4 Å². The third-order valence-corrected chi connectivity index (χ3v) is 6.32. The van der Waals surface area contributed by atoms with E-state index in [9.17, 15) is 21.6 Å². The first-order chi connectivity index (χ1) is 13.2. The van der Waals surface area contributed by atoms with Gasteiger partial charge in [0.25, 0.3) is 0 Å². The Bertz CT molecular complexity index is 1080. The summed E-state index contributed by atoms with van der Waals surface area (Å²) in [6.45, 7) is 1.56. The van der Waals surface area contributed by atoms with Crippen molar-refractivity contribution in [2.75, 3.05) is 11.1 Å². The third kappa shape index (κ3) is 4.84. The monoisotopic (exact) mass is 428 g/mol. The molecule has 0 saturated carbocycles. The number of hydrogen-bond donors (Lipinski definition) is 1. The fourth-order valence-corrected chi connectivity index (χ4v) is 4.06. The summed E-state index contributed by atoms with van der Waals surface area (Å²) in [5, 5.41) is 4.24. The van der Waals surface area contributed by atoms with Gasteiger partial charge < -0.3 is 5.32 Å². The van der Waals surface area contributed by atoms with E-state index >= 15 is 0 Å². The Morgan fingerprint density at radius 2 is 1.96 bits per heavy atom. The Kier molecular flexibility index (Phi) is 5.66. The van der Waals surface area contributed by atoms with Crippen molar-refractivity contribution in [2.24, 2.45) is 0 Å². The zero-order valence-electron chi connectivity index (χ0n) is 14.6. The normalized spacial score (nSPS) is 12.1. The van der Waals surface area contributed by atoms with Gasteiger partial charge in [-0.1, -0.05) is 13.0 Å². The first kappa shape index (κ1) is 20.2. The molecule has 3 rings (SSSR count). The van der Waals surface area contributed by atoms with Crippen LogP contribution in [0.15, 0.2) is 46.9 Å². The minimum absolute atomic E-state index is 0.0121. The zero-order chi connectivity index (χ0) is 20.4. The molecule has 0 aliphatic rings. The lowest BCUT2D eigenvalue weighted by atomic mass is 10.3. The molecule has 3 aromatic rings. The molecule has 0 saturated heterocycles. The lowest BCUT2D eigenvalue weighted by molar-refractivity contribution is -0.140. The molecule has 0 spiro atoms. The van der Waals surface area contributed by atoms with Crippen LogP contribution in [-0.4, -0.2) is 29.1 Å². The van der Waals surface area contributed by atoms with Gasteiger partial charge in [-0.2, -0.15) is 13.2 Å². The SMILES string of the molecule is CCS(=O)(=O)c1cccc(Nc2cc(Cc3nc(C(F)(F)F)cs3)ncn2)c1. The maximum atomic E-state index is 12.7. The lowest BCUT2D eigenvalue weighted by Gasteiger charge is -2.08. The molecule has 0 atom stereocenters. The van der Waals surface area contributed by atoms with Crippen molar-refractivity contribution in [3.8, 4) is 0 Å². The number of benzene rings is 1. The largest absolute Gasteiger partial charge is 0.434 e. The van der Waals surface area contributed by atoms with Crippen LogP contribution in [0.3, 0.4) is 0 Å². The molecule has 1 aromatic carbocycles. The van der Waals surface area contributed by atoms with E-state index in [0.717, 1.165) is 16.7 Å². The number of anilines is 2. The van der Waals surface area contributed by atoms with Crippen LogP contribution in [0, 0.1) is 0 Å². The van der Waals surface area contributed by atoms with Gasteiger partial charge in [0, 0.05) is 23.6 Å². The number of hydrogen-bond acceptors (Lipinski definition) is 7. The highest BCUT2D eigenvalue weighted by atomic mass is 32.2. The number of rotatable bonds is 6. The summed E-state index contributed by atoms with van der Waals surface area (Å²) in [7, 11) is -3.34. The maximum Gasteiger partial charge on any atom is 0.434 e. The van der Waals surface area contributed by atoms with Crippen LogP contribution in [0.5, 0.6) is 0 Å². The Morgan fingerprint density at radius 3 is 2.64 bits per heavy atom. The number of aromatic nitrogens is 3. The standard InChI is InChI=1S/C17H15F3N4O2S2/c1-2-28(25,26)13-5-3-4-11(6-13)23-15-7-12(21-10-22-15)8-16-24-14(9-27-16)17(18,19)20/h3-7,9-10H,2,8H2,1H3,(H,21,22,23). The molecule has 11 heteroatoms. The molecule has 0 aliphatic carbocycles. The summed E-state index contributed by atoms with van der Waals surface area (Å²) >= 11 is 0.910. The molecule has 2 aromatic heterocycles. The molecule has 148 valence electrons. The van der Waals surface area contributed by atoms with Gasteiger partial charge in [-0.25, -0.2) is 23.4 Å². The molecule has 2 heterocycles. The number of nitrogens with zero attached hydrogens (tertiary/aromatic N) is 3. The van der Waals surface area contributed by atoms with Crippen LogP contribution in [0.1, 0.15) is 23.3 Å². The van der Waals surface area contributed by atoms with E-state index in [0.29, 0.717) is 17.2 Å². The molecule has 0 fully saturated rings. The van der Waals surface area contributed by atoms with Crippen molar-refractivity contribution in [3.05, 3.63) is 58.4 Å². The second-order valence-corrected chi connectivity index (χ2v) is 8.97. The Hall–Kier alpha value is -2.53. The Balaban J connectivity index is 1.77. The Morgan fingerprint density at radius 1 is 1.18 bits per heavy atom. The van der Waals surface area contributed by atoms with E-state index in [2.05, 4.69) is 20.3 Å². The molecular weight excluding hydrogens is 413 g/mol. The summed E-state index contributed by atoms with van der Waals surface area (Å²) in [5.41, 5.74) is 0.0829. The van der Waals surface area contributed by atoms with Crippen LogP contribution in [-0.2, 0) is 22.4 Å². The smallest absolute Gasteiger partial charge is 0.340 e. The van der Waals surface area contributed by atoms with E-state index in [-0.39, 0.29) is 22.1 Å². The number of alkyl halides is 3. The van der Waals surface area contributed by atoms with Gasteiger partial charge in [-0.3, -0.25) is 0 Å². The van der Waals surface area contributed by atoms with Crippen molar-refractivity contribution >= 4 is 32.7 Å². The van der Waals surface area contributed by atoms with Crippen molar-refractivity contribution in [1.29, 1.82) is 0 Å². The number of thiazole rings is 1. The minimum Gasteiger partial charge on any atom is -0.340 e. The third-order valence-electron chi connectivity index (χ3n) is 3.74. The zero-order valence-corrected chi connectivity index (χ0v) is 16.2.